The first kappa shape index (κ1) is 20.9. The zero-order valence-electron chi connectivity index (χ0n) is 17.0. The van der Waals surface area contributed by atoms with Crippen molar-refractivity contribution in [2.75, 3.05) is 6.61 Å². The number of carbonyl (C=O) groups is 1. The Morgan fingerprint density at radius 1 is 1.09 bits per heavy atom. The summed E-state index contributed by atoms with van der Waals surface area (Å²) in [5.74, 6) is 0.818. The van der Waals surface area contributed by atoms with E-state index in [1.54, 1.807) is 48.5 Å². The van der Waals surface area contributed by atoms with Gasteiger partial charge in [0.05, 0.1) is 17.8 Å². The largest absolute Gasteiger partial charge is 0.490 e. The average molecular weight is 434 g/mol. The Labute approximate surface area is 182 Å². The van der Waals surface area contributed by atoms with Crippen molar-refractivity contribution in [2.45, 2.75) is 13.5 Å². The Morgan fingerprint density at radius 2 is 1.97 bits per heavy atom. The number of carbonyl (C=O) groups excluding carboxylic acids is 1. The molecule has 3 aromatic rings. The summed E-state index contributed by atoms with van der Waals surface area (Å²) in [5.41, 5.74) is 1.44. The van der Waals surface area contributed by atoms with E-state index in [1.807, 2.05) is 6.92 Å². The molecule has 0 atom stereocenters. The molecule has 9 heteroatoms. The minimum absolute atomic E-state index is 0.00368. The molecule has 1 aliphatic heterocycles. The van der Waals surface area contributed by atoms with Crippen molar-refractivity contribution in [3.05, 3.63) is 93.6 Å². The fourth-order valence-electron chi connectivity index (χ4n) is 3.00. The maximum Gasteiger partial charge on any atom is 0.363 e. The van der Waals surface area contributed by atoms with E-state index in [1.165, 1.54) is 18.4 Å². The van der Waals surface area contributed by atoms with E-state index in [4.69, 9.17) is 18.6 Å². The average Bonchev–Trinajstić information content (AvgIpc) is 3.44. The number of cyclic esters (lactones) is 1. The molecule has 2 heterocycles. The van der Waals surface area contributed by atoms with Crippen LogP contribution in [0.15, 0.2) is 76.0 Å². The fourth-order valence-corrected chi connectivity index (χ4v) is 3.00. The van der Waals surface area contributed by atoms with Crippen LogP contribution >= 0.6 is 0 Å². The first-order valence-corrected chi connectivity index (χ1v) is 9.73. The topological polar surface area (TPSA) is 113 Å². The van der Waals surface area contributed by atoms with Crippen LogP contribution in [0.2, 0.25) is 0 Å². The van der Waals surface area contributed by atoms with Crippen LogP contribution in [0.3, 0.4) is 0 Å². The van der Waals surface area contributed by atoms with Gasteiger partial charge in [-0.3, -0.25) is 10.1 Å². The predicted octanol–water partition coefficient (Wildman–Crippen LogP) is 4.51. The third-order valence-corrected chi connectivity index (χ3v) is 4.44. The van der Waals surface area contributed by atoms with Gasteiger partial charge in [0, 0.05) is 12.1 Å². The lowest BCUT2D eigenvalue weighted by molar-refractivity contribution is -0.384. The van der Waals surface area contributed by atoms with E-state index in [2.05, 4.69) is 4.99 Å². The van der Waals surface area contributed by atoms with Gasteiger partial charge in [-0.2, -0.15) is 0 Å². The highest BCUT2D eigenvalue weighted by molar-refractivity contribution is 6.11. The van der Waals surface area contributed by atoms with Crippen molar-refractivity contribution in [1.82, 2.24) is 0 Å². The summed E-state index contributed by atoms with van der Waals surface area (Å²) in [6, 6.07) is 14.7. The highest BCUT2D eigenvalue weighted by atomic mass is 16.6. The van der Waals surface area contributed by atoms with Gasteiger partial charge < -0.3 is 18.6 Å². The quantitative estimate of drug-likeness (QED) is 0.222. The molecule has 0 N–H and O–H groups in total. The minimum Gasteiger partial charge on any atom is -0.490 e. The number of aliphatic imine (C=N–C) groups is 1. The van der Waals surface area contributed by atoms with Crippen LogP contribution in [0, 0.1) is 10.1 Å². The molecule has 162 valence electrons. The number of nitro benzene ring substituents is 1. The lowest BCUT2D eigenvalue weighted by Crippen LogP contribution is -2.04. The van der Waals surface area contributed by atoms with Crippen molar-refractivity contribution in [3.8, 4) is 11.5 Å². The highest BCUT2D eigenvalue weighted by Crippen LogP contribution is 2.31. The normalized spacial score (nSPS) is 14.2. The summed E-state index contributed by atoms with van der Waals surface area (Å²) in [5, 5.41) is 10.9. The molecular formula is C23H18N2O7. The molecular weight excluding hydrogens is 416 g/mol. The Kier molecular flexibility index (Phi) is 5.98. The summed E-state index contributed by atoms with van der Waals surface area (Å²) in [6.07, 6.45) is 3.04. The summed E-state index contributed by atoms with van der Waals surface area (Å²) in [7, 11) is 0. The molecule has 0 bridgehead atoms. The van der Waals surface area contributed by atoms with E-state index < -0.39 is 10.9 Å². The summed E-state index contributed by atoms with van der Waals surface area (Å²) >= 11 is 0. The summed E-state index contributed by atoms with van der Waals surface area (Å²) in [6.45, 7) is 2.37. The standard InChI is InChI=1S/C23H18N2O7/c1-2-29-21-13-15(12-18-23(26)32-22(24-18)20-7-4-10-30-20)8-9-19(21)31-14-16-5-3-6-17(11-16)25(27)28/h3-13H,2,14H2,1H3/b18-12-. The minimum atomic E-state index is -0.583. The Bertz CT molecular complexity index is 1210. The molecule has 1 aliphatic rings. The lowest BCUT2D eigenvalue weighted by Gasteiger charge is -2.13. The second-order valence-corrected chi connectivity index (χ2v) is 6.67. The van der Waals surface area contributed by atoms with E-state index in [0.29, 0.717) is 35.0 Å². The van der Waals surface area contributed by atoms with Crippen molar-refractivity contribution < 1.29 is 28.3 Å². The Balaban J connectivity index is 1.54. The molecule has 4 rings (SSSR count). The van der Waals surface area contributed by atoms with Gasteiger partial charge in [0.15, 0.2) is 23.0 Å². The summed E-state index contributed by atoms with van der Waals surface area (Å²) in [4.78, 5) is 26.8. The number of hydrogen-bond donors (Lipinski definition) is 0. The molecule has 0 spiro atoms. The Hall–Kier alpha value is -4.40. The number of rotatable bonds is 8. The number of furan rings is 1. The number of nitrogens with zero attached hydrogens (tertiary/aromatic N) is 2. The highest BCUT2D eigenvalue weighted by Gasteiger charge is 2.25. The van der Waals surface area contributed by atoms with Gasteiger partial charge in [0.1, 0.15) is 6.61 Å². The van der Waals surface area contributed by atoms with Crippen LogP contribution in [-0.2, 0) is 16.1 Å². The van der Waals surface area contributed by atoms with E-state index in [-0.39, 0.29) is 23.9 Å². The van der Waals surface area contributed by atoms with Crippen LogP contribution in [0.5, 0.6) is 11.5 Å². The number of benzene rings is 2. The molecule has 0 saturated carbocycles. The monoisotopic (exact) mass is 434 g/mol. The van der Waals surface area contributed by atoms with Gasteiger partial charge in [-0.15, -0.1) is 0 Å². The van der Waals surface area contributed by atoms with Gasteiger partial charge >= 0.3 is 5.97 Å². The van der Waals surface area contributed by atoms with Gasteiger partial charge in [-0.05, 0) is 48.4 Å². The maximum absolute atomic E-state index is 12.1. The molecule has 0 amide bonds. The van der Waals surface area contributed by atoms with Crippen LogP contribution in [0.1, 0.15) is 23.8 Å². The molecule has 0 aliphatic carbocycles. The smallest absolute Gasteiger partial charge is 0.363 e. The van der Waals surface area contributed by atoms with E-state index in [9.17, 15) is 14.9 Å². The second kappa shape index (κ2) is 9.17. The van der Waals surface area contributed by atoms with Crippen LogP contribution in [0.4, 0.5) is 5.69 Å². The van der Waals surface area contributed by atoms with Gasteiger partial charge in [0.25, 0.3) is 11.6 Å². The molecule has 0 unspecified atom stereocenters. The zero-order chi connectivity index (χ0) is 22.5. The van der Waals surface area contributed by atoms with Crippen LogP contribution in [0.25, 0.3) is 6.08 Å². The third-order valence-electron chi connectivity index (χ3n) is 4.44. The first-order valence-electron chi connectivity index (χ1n) is 9.73. The zero-order valence-corrected chi connectivity index (χ0v) is 17.0. The third kappa shape index (κ3) is 4.67. The molecule has 2 aromatic carbocycles. The maximum atomic E-state index is 12.1. The lowest BCUT2D eigenvalue weighted by atomic mass is 10.1. The van der Waals surface area contributed by atoms with Crippen molar-refractivity contribution >= 4 is 23.6 Å². The molecule has 32 heavy (non-hydrogen) atoms. The molecule has 1 aromatic heterocycles. The molecule has 0 saturated heterocycles. The van der Waals surface area contributed by atoms with Crippen molar-refractivity contribution in [1.29, 1.82) is 0 Å². The van der Waals surface area contributed by atoms with Crippen molar-refractivity contribution in [3.63, 3.8) is 0 Å². The predicted molar refractivity (Wildman–Crippen MR) is 114 cm³/mol. The van der Waals surface area contributed by atoms with Crippen LogP contribution < -0.4 is 9.47 Å². The molecule has 0 radical (unpaired) electrons. The molecule has 9 nitrogen and oxygen atoms in total. The van der Waals surface area contributed by atoms with E-state index >= 15 is 0 Å². The Morgan fingerprint density at radius 3 is 2.72 bits per heavy atom. The van der Waals surface area contributed by atoms with Gasteiger partial charge in [-0.1, -0.05) is 18.2 Å². The molecule has 0 fully saturated rings. The number of hydrogen-bond acceptors (Lipinski definition) is 8. The summed E-state index contributed by atoms with van der Waals surface area (Å²) < 4.78 is 21.8. The van der Waals surface area contributed by atoms with E-state index in [0.717, 1.165) is 0 Å². The van der Waals surface area contributed by atoms with Gasteiger partial charge in [0.2, 0.25) is 0 Å². The second-order valence-electron chi connectivity index (χ2n) is 6.67. The fraction of sp³-hybridized carbons (Fsp3) is 0.130. The number of ether oxygens (including phenoxy) is 3. The first-order chi connectivity index (χ1) is 15.5. The number of non-ortho nitro benzene ring substituents is 1. The van der Waals surface area contributed by atoms with Crippen molar-refractivity contribution in [2.24, 2.45) is 4.99 Å². The number of esters is 1. The van der Waals surface area contributed by atoms with Crippen LogP contribution in [-0.4, -0.2) is 23.4 Å². The SMILES string of the molecule is CCOc1cc(/C=C2\N=C(c3ccco3)OC2=O)ccc1OCc1cccc([N+](=O)[O-])c1. The van der Waals surface area contributed by atoms with Gasteiger partial charge in [-0.25, -0.2) is 9.79 Å². The number of nitro groups is 1.